The first-order valence-electron chi connectivity index (χ1n) is 7.39. The predicted octanol–water partition coefficient (Wildman–Crippen LogP) is 2.70. The van der Waals surface area contributed by atoms with E-state index in [1.165, 1.54) is 0 Å². The van der Waals surface area contributed by atoms with Gasteiger partial charge in [-0.2, -0.15) is 0 Å². The van der Waals surface area contributed by atoms with Crippen LogP contribution in [-0.4, -0.2) is 35.9 Å². The number of aliphatic hydroxyl groups excluding tert-OH is 1. The molecule has 0 heterocycles. The first-order chi connectivity index (χ1) is 9.38. The quantitative estimate of drug-likeness (QED) is 0.732. The summed E-state index contributed by atoms with van der Waals surface area (Å²) in [6, 6.07) is 0. The van der Waals surface area contributed by atoms with Crippen molar-refractivity contribution < 1.29 is 24.2 Å². The maximum absolute atomic E-state index is 12.3. The Morgan fingerprint density at radius 1 is 1.00 bits per heavy atom. The van der Waals surface area contributed by atoms with Gasteiger partial charge in [-0.25, -0.2) is 0 Å². The highest BCUT2D eigenvalue weighted by molar-refractivity contribution is 5.80. The predicted molar refractivity (Wildman–Crippen MR) is 80.7 cm³/mol. The van der Waals surface area contributed by atoms with E-state index in [0.717, 1.165) is 0 Å². The van der Waals surface area contributed by atoms with Crippen molar-refractivity contribution >= 4 is 11.9 Å². The molecule has 0 radical (unpaired) electrons. The Bertz CT molecular complexity index is 367. The van der Waals surface area contributed by atoms with Crippen LogP contribution < -0.4 is 0 Å². The number of hydrogen-bond acceptors (Lipinski definition) is 5. The molecule has 0 aliphatic heterocycles. The van der Waals surface area contributed by atoms with Crippen LogP contribution >= 0.6 is 0 Å². The monoisotopic (exact) mass is 302 g/mol. The molecule has 5 nitrogen and oxygen atoms in total. The third kappa shape index (κ3) is 6.46. The molecular weight excluding hydrogens is 272 g/mol. The average Bonchev–Trinajstić information content (AvgIpc) is 2.33. The molecule has 0 bridgehead atoms. The van der Waals surface area contributed by atoms with Crippen LogP contribution in [0, 0.1) is 10.8 Å². The van der Waals surface area contributed by atoms with E-state index in [1.54, 1.807) is 20.8 Å². The number of carbonyl (C=O) groups excluding carboxylic acids is 2. The van der Waals surface area contributed by atoms with Crippen molar-refractivity contribution in [3.05, 3.63) is 0 Å². The van der Waals surface area contributed by atoms with Crippen molar-refractivity contribution in [3.8, 4) is 0 Å². The molecule has 0 saturated heterocycles. The van der Waals surface area contributed by atoms with Gasteiger partial charge in [-0.15, -0.1) is 0 Å². The van der Waals surface area contributed by atoms with Gasteiger partial charge < -0.3 is 14.6 Å². The molecule has 0 saturated carbocycles. The molecule has 0 spiro atoms. The van der Waals surface area contributed by atoms with Crippen LogP contribution in [0.1, 0.15) is 61.3 Å². The fraction of sp³-hybridized carbons (Fsp3) is 0.875. The van der Waals surface area contributed by atoms with Gasteiger partial charge in [-0.05, 0) is 54.4 Å². The Labute approximate surface area is 128 Å². The first-order valence-corrected chi connectivity index (χ1v) is 7.39. The summed E-state index contributed by atoms with van der Waals surface area (Å²) in [5, 5.41) is 8.75. The third-order valence-electron chi connectivity index (χ3n) is 3.38. The van der Waals surface area contributed by atoms with Crippen LogP contribution in [0.4, 0.5) is 0 Å². The second-order valence-corrected chi connectivity index (χ2v) is 7.34. The minimum Gasteiger partial charge on any atom is -0.463 e. The van der Waals surface area contributed by atoms with Crippen LogP contribution in [0.3, 0.4) is 0 Å². The van der Waals surface area contributed by atoms with E-state index in [9.17, 15) is 9.59 Å². The lowest BCUT2D eigenvalue weighted by molar-refractivity contribution is -0.170. The molecule has 0 aromatic rings. The first kappa shape index (κ1) is 19.9. The van der Waals surface area contributed by atoms with E-state index in [0.29, 0.717) is 12.8 Å². The second kappa shape index (κ2) is 7.25. The summed E-state index contributed by atoms with van der Waals surface area (Å²) in [6.45, 7) is 12.4. The normalized spacial score (nSPS) is 15.2. The smallest absolute Gasteiger partial charge is 0.312 e. The standard InChI is InChI=1S/C16H30O5/c1-8-16(7,13(19)20-10-9-17)11-15(5,6)12(18)21-14(2,3)4/h17H,8-11H2,1-7H3. The van der Waals surface area contributed by atoms with Crippen molar-refractivity contribution in [2.45, 2.75) is 66.9 Å². The Balaban J connectivity index is 5.00. The average molecular weight is 302 g/mol. The van der Waals surface area contributed by atoms with E-state index in [2.05, 4.69) is 0 Å². The summed E-state index contributed by atoms with van der Waals surface area (Å²) in [5.41, 5.74) is -2.14. The molecular formula is C16H30O5. The molecule has 0 amide bonds. The van der Waals surface area contributed by atoms with Gasteiger partial charge in [0.15, 0.2) is 0 Å². The van der Waals surface area contributed by atoms with Gasteiger partial charge in [-0.1, -0.05) is 6.92 Å². The Hall–Kier alpha value is -1.10. The summed E-state index contributed by atoms with van der Waals surface area (Å²) in [5.74, 6) is -0.722. The van der Waals surface area contributed by atoms with Gasteiger partial charge in [0, 0.05) is 0 Å². The van der Waals surface area contributed by atoms with Crippen molar-refractivity contribution in [3.63, 3.8) is 0 Å². The van der Waals surface area contributed by atoms with E-state index in [-0.39, 0.29) is 19.2 Å². The highest BCUT2D eigenvalue weighted by atomic mass is 16.6. The number of carbonyl (C=O) groups is 2. The van der Waals surface area contributed by atoms with Crippen LogP contribution in [0.2, 0.25) is 0 Å². The lowest BCUT2D eigenvalue weighted by Gasteiger charge is -2.35. The Morgan fingerprint density at radius 3 is 1.90 bits per heavy atom. The van der Waals surface area contributed by atoms with Crippen LogP contribution in [0.15, 0.2) is 0 Å². The molecule has 0 aliphatic carbocycles. The maximum atomic E-state index is 12.3. The number of aliphatic hydroxyl groups is 1. The molecule has 1 N–H and O–H groups in total. The lowest BCUT2D eigenvalue weighted by Crippen LogP contribution is -2.41. The lowest BCUT2D eigenvalue weighted by atomic mass is 9.72. The molecule has 1 atom stereocenters. The summed E-state index contributed by atoms with van der Waals surface area (Å²) >= 11 is 0. The molecule has 0 aromatic carbocycles. The molecule has 1 unspecified atom stereocenters. The zero-order chi connectivity index (χ0) is 16.9. The third-order valence-corrected chi connectivity index (χ3v) is 3.38. The van der Waals surface area contributed by atoms with Crippen molar-refractivity contribution in [1.29, 1.82) is 0 Å². The molecule has 0 rings (SSSR count). The van der Waals surface area contributed by atoms with E-state index in [1.807, 2.05) is 27.7 Å². The van der Waals surface area contributed by atoms with Gasteiger partial charge in [0.1, 0.15) is 12.2 Å². The highest BCUT2D eigenvalue weighted by Crippen LogP contribution is 2.39. The minimum absolute atomic E-state index is 0.0265. The summed E-state index contributed by atoms with van der Waals surface area (Å²) in [6.07, 6.45) is 0.874. The van der Waals surface area contributed by atoms with E-state index < -0.39 is 22.4 Å². The number of esters is 2. The Kier molecular flexibility index (Phi) is 6.87. The largest absolute Gasteiger partial charge is 0.463 e. The zero-order valence-corrected chi connectivity index (χ0v) is 14.4. The van der Waals surface area contributed by atoms with E-state index in [4.69, 9.17) is 14.6 Å². The van der Waals surface area contributed by atoms with Crippen LogP contribution in [-0.2, 0) is 19.1 Å². The van der Waals surface area contributed by atoms with Gasteiger partial charge in [0.2, 0.25) is 0 Å². The van der Waals surface area contributed by atoms with Gasteiger partial charge in [0.05, 0.1) is 17.4 Å². The topological polar surface area (TPSA) is 72.8 Å². The molecule has 0 fully saturated rings. The van der Waals surface area contributed by atoms with Crippen molar-refractivity contribution in [2.75, 3.05) is 13.2 Å². The highest BCUT2D eigenvalue weighted by Gasteiger charge is 2.43. The van der Waals surface area contributed by atoms with Crippen molar-refractivity contribution in [1.82, 2.24) is 0 Å². The molecule has 0 aliphatic rings. The zero-order valence-electron chi connectivity index (χ0n) is 14.4. The fourth-order valence-electron chi connectivity index (χ4n) is 2.12. The second-order valence-electron chi connectivity index (χ2n) is 7.34. The molecule has 0 aromatic heterocycles. The minimum atomic E-state index is -0.795. The number of ether oxygens (including phenoxy) is 2. The van der Waals surface area contributed by atoms with Gasteiger partial charge in [-0.3, -0.25) is 9.59 Å². The summed E-state index contributed by atoms with van der Waals surface area (Å²) in [4.78, 5) is 24.5. The number of rotatable bonds is 7. The SMILES string of the molecule is CCC(C)(CC(C)(C)C(=O)OC(C)(C)C)C(=O)OCCO. The fourth-order valence-corrected chi connectivity index (χ4v) is 2.12. The van der Waals surface area contributed by atoms with Crippen LogP contribution in [0.25, 0.3) is 0 Å². The van der Waals surface area contributed by atoms with Crippen LogP contribution in [0.5, 0.6) is 0 Å². The maximum Gasteiger partial charge on any atom is 0.312 e. The molecule has 21 heavy (non-hydrogen) atoms. The van der Waals surface area contributed by atoms with Gasteiger partial charge >= 0.3 is 11.9 Å². The van der Waals surface area contributed by atoms with E-state index >= 15 is 0 Å². The van der Waals surface area contributed by atoms with Gasteiger partial charge in [0.25, 0.3) is 0 Å². The molecule has 5 heteroatoms. The Morgan fingerprint density at radius 2 is 1.52 bits per heavy atom. The molecule has 124 valence electrons. The van der Waals surface area contributed by atoms with Crippen molar-refractivity contribution in [2.24, 2.45) is 10.8 Å². The number of hydrogen-bond donors (Lipinski definition) is 1. The summed E-state index contributed by atoms with van der Waals surface area (Å²) in [7, 11) is 0. The summed E-state index contributed by atoms with van der Waals surface area (Å²) < 4.78 is 10.5.